The molecule has 1 saturated heterocycles. The normalized spacial score (nSPS) is 17.1. The largest absolute Gasteiger partial charge is 0.384 e. The fourth-order valence-corrected chi connectivity index (χ4v) is 3.27. The summed E-state index contributed by atoms with van der Waals surface area (Å²) in [7, 11) is 0. The number of pyridine rings is 2. The molecule has 0 spiro atoms. The molecule has 3 N–H and O–H groups in total. The summed E-state index contributed by atoms with van der Waals surface area (Å²) in [6.45, 7) is 2.23. The van der Waals surface area contributed by atoms with Crippen molar-refractivity contribution in [3.63, 3.8) is 0 Å². The second kappa shape index (κ2) is 5.12. The van der Waals surface area contributed by atoms with Gasteiger partial charge in [-0.1, -0.05) is 0 Å². The van der Waals surface area contributed by atoms with Crippen LogP contribution in [0.2, 0.25) is 0 Å². The molecular formula is C13H16N4S. The molecule has 3 rings (SSSR count). The van der Waals surface area contributed by atoms with Crippen molar-refractivity contribution in [1.82, 2.24) is 15.3 Å². The maximum Gasteiger partial charge on any atom is 0.125 e. The first kappa shape index (κ1) is 11.7. The van der Waals surface area contributed by atoms with Crippen molar-refractivity contribution in [1.29, 1.82) is 0 Å². The average molecular weight is 260 g/mol. The van der Waals surface area contributed by atoms with Crippen molar-refractivity contribution in [3.8, 4) is 0 Å². The Bertz CT molecular complexity index is 552. The Balaban J connectivity index is 1.83. The van der Waals surface area contributed by atoms with Gasteiger partial charge in [-0.05, 0) is 38.1 Å². The van der Waals surface area contributed by atoms with Crippen LogP contribution in [0.15, 0.2) is 29.4 Å². The number of hydrogen-bond acceptors (Lipinski definition) is 5. The van der Waals surface area contributed by atoms with Crippen molar-refractivity contribution in [2.75, 3.05) is 18.8 Å². The van der Waals surface area contributed by atoms with Crippen LogP contribution in [0.25, 0.3) is 10.9 Å². The molecule has 0 atom stereocenters. The van der Waals surface area contributed by atoms with Gasteiger partial charge in [0.1, 0.15) is 5.82 Å². The first-order chi connectivity index (χ1) is 8.81. The van der Waals surface area contributed by atoms with Crippen LogP contribution < -0.4 is 11.1 Å². The van der Waals surface area contributed by atoms with Crippen LogP contribution in [0.1, 0.15) is 12.8 Å². The number of nitrogen functional groups attached to an aromatic ring is 1. The van der Waals surface area contributed by atoms with Gasteiger partial charge in [0, 0.05) is 22.9 Å². The minimum atomic E-state index is 0.527. The summed E-state index contributed by atoms with van der Waals surface area (Å²) in [6, 6.07) is 5.98. The highest BCUT2D eigenvalue weighted by molar-refractivity contribution is 7.99. The van der Waals surface area contributed by atoms with Gasteiger partial charge in [-0.3, -0.25) is 0 Å². The first-order valence-corrected chi connectivity index (χ1v) is 7.09. The molecule has 0 aromatic carbocycles. The molecule has 0 unspecified atom stereocenters. The van der Waals surface area contributed by atoms with E-state index in [9.17, 15) is 0 Å². The molecular weight excluding hydrogens is 244 g/mol. The number of fused-ring (bicyclic) bond motifs is 1. The predicted molar refractivity (Wildman–Crippen MR) is 75.7 cm³/mol. The highest BCUT2D eigenvalue weighted by Gasteiger charge is 2.14. The molecule has 2 aromatic heterocycles. The zero-order chi connectivity index (χ0) is 12.4. The second-order valence-electron chi connectivity index (χ2n) is 4.52. The molecule has 1 aliphatic heterocycles. The number of nitrogens with zero attached hydrogens (tertiary/aromatic N) is 2. The number of piperidine rings is 1. The number of nitrogens with one attached hydrogen (secondary N) is 1. The number of rotatable bonds is 2. The monoisotopic (exact) mass is 260 g/mol. The summed E-state index contributed by atoms with van der Waals surface area (Å²) in [5, 5.41) is 6.18. The topological polar surface area (TPSA) is 63.8 Å². The van der Waals surface area contributed by atoms with Gasteiger partial charge in [0.25, 0.3) is 0 Å². The van der Waals surface area contributed by atoms with Crippen molar-refractivity contribution in [2.24, 2.45) is 0 Å². The Kier molecular flexibility index (Phi) is 3.34. The molecule has 1 fully saturated rings. The fraction of sp³-hybridized carbons (Fsp3) is 0.385. The number of thioether (sulfide) groups is 1. The molecule has 0 amide bonds. The van der Waals surface area contributed by atoms with Gasteiger partial charge < -0.3 is 11.1 Å². The van der Waals surface area contributed by atoms with Gasteiger partial charge in [-0.2, -0.15) is 0 Å². The summed E-state index contributed by atoms with van der Waals surface area (Å²) in [5.74, 6) is 0.527. The van der Waals surface area contributed by atoms with Crippen LogP contribution in [0.3, 0.4) is 0 Å². The van der Waals surface area contributed by atoms with Gasteiger partial charge in [0.2, 0.25) is 0 Å². The number of anilines is 1. The van der Waals surface area contributed by atoms with Crippen LogP contribution in [0, 0.1) is 0 Å². The van der Waals surface area contributed by atoms with E-state index in [0.29, 0.717) is 11.1 Å². The highest BCUT2D eigenvalue weighted by atomic mass is 32.2. The summed E-state index contributed by atoms with van der Waals surface area (Å²) < 4.78 is 0. The predicted octanol–water partition coefficient (Wildman–Crippen LogP) is 2.06. The summed E-state index contributed by atoms with van der Waals surface area (Å²) in [5.41, 5.74) is 6.62. The lowest BCUT2D eigenvalue weighted by molar-refractivity contribution is 0.531. The Morgan fingerprint density at radius 1 is 1.28 bits per heavy atom. The third kappa shape index (κ3) is 2.57. The zero-order valence-corrected chi connectivity index (χ0v) is 10.9. The smallest absolute Gasteiger partial charge is 0.125 e. The molecule has 4 nitrogen and oxygen atoms in total. The number of aromatic nitrogens is 2. The van der Waals surface area contributed by atoms with Gasteiger partial charge in [-0.25, -0.2) is 9.97 Å². The SMILES string of the molecule is Nc1cc2nc(SC3CCNCC3)ccc2cn1. The van der Waals surface area contributed by atoms with Crippen molar-refractivity contribution < 1.29 is 0 Å². The molecule has 3 heterocycles. The molecule has 0 bridgehead atoms. The van der Waals surface area contributed by atoms with Crippen molar-refractivity contribution in [3.05, 3.63) is 24.4 Å². The van der Waals surface area contributed by atoms with E-state index in [1.54, 1.807) is 6.20 Å². The highest BCUT2D eigenvalue weighted by Crippen LogP contribution is 2.28. The standard InChI is InChI=1S/C13H16N4S/c14-12-7-11-9(8-16-12)1-2-13(17-11)18-10-3-5-15-6-4-10/h1-2,7-8,10,15H,3-6H2,(H2,14,16). The van der Waals surface area contributed by atoms with E-state index >= 15 is 0 Å². The zero-order valence-electron chi connectivity index (χ0n) is 10.1. The van der Waals surface area contributed by atoms with E-state index in [1.165, 1.54) is 12.8 Å². The van der Waals surface area contributed by atoms with E-state index in [2.05, 4.69) is 27.4 Å². The second-order valence-corrected chi connectivity index (χ2v) is 5.84. The average Bonchev–Trinajstić information content (AvgIpc) is 2.39. The molecule has 18 heavy (non-hydrogen) atoms. The van der Waals surface area contributed by atoms with Crippen LogP contribution in [0.4, 0.5) is 5.82 Å². The molecule has 0 radical (unpaired) electrons. The summed E-state index contributed by atoms with van der Waals surface area (Å²) >= 11 is 1.87. The molecule has 0 aliphatic carbocycles. The van der Waals surface area contributed by atoms with Gasteiger partial charge in [0.15, 0.2) is 0 Å². The number of hydrogen-bond donors (Lipinski definition) is 2. The first-order valence-electron chi connectivity index (χ1n) is 6.21. The van der Waals surface area contributed by atoms with Gasteiger partial charge in [0.05, 0.1) is 10.5 Å². The summed E-state index contributed by atoms with van der Waals surface area (Å²) in [4.78, 5) is 8.73. The lowest BCUT2D eigenvalue weighted by Crippen LogP contribution is -2.29. The fourth-order valence-electron chi connectivity index (χ4n) is 2.16. The van der Waals surface area contributed by atoms with Crippen LogP contribution >= 0.6 is 11.8 Å². The van der Waals surface area contributed by atoms with Crippen LogP contribution in [-0.2, 0) is 0 Å². The summed E-state index contributed by atoms with van der Waals surface area (Å²) in [6.07, 6.45) is 4.20. The third-order valence-electron chi connectivity index (χ3n) is 3.14. The lowest BCUT2D eigenvalue weighted by atomic mass is 10.2. The molecule has 2 aromatic rings. The molecule has 1 aliphatic rings. The van der Waals surface area contributed by atoms with Crippen molar-refractivity contribution >= 4 is 28.5 Å². The maximum atomic E-state index is 5.69. The van der Waals surface area contributed by atoms with Gasteiger partial charge >= 0.3 is 0 Å². The van der Waals surface area contributed by atoms with E-state index < -0.39 is 0 Å². The van der Waals surface area contributed by atoms with E-state index in [4.69, 9.17) is 5.73 Å². The Morgan fingerprint density at radius 3 is 2.94 bits per heavy atom. The molecule has 94 valence electrons. The molecule has 5 heteroatoms. The van der Waals surface area contributed by atoms with Crippen LogP contribution in [-0.4, -0.2) is 28.3 Å². The van der Waals surface area contributed by atoms with E-state index in [0.717, 1.165) is 29.0 Å². The quantitative estimate of drug-likeness (QED) is 0.865. The van der Waals surface area contributed by atoms with E-state index in [-0.39, 0.29) is 0 Å². The van der Waals surface area contributed by atoms with Crippen molar-refractivity contribution in [2.45, 2.75) is 23.1 Å². The molecule has 0 saturated carbocycles. The lowest BCUT2D eigenvalue weighted by Gasteiger charge is -2.21. The van der Waals surface area contributed by atoms with Gasteiger partial charge in [-0.15, -0.1) is 11.8 Å². The minimum absolute atomic E-state index is 0.527. The Morgan fingerprint density at radius 2 is 2.11 bits per heavy atom. The Hall–Kier alpha value is -1.33. The minimum Gasteiger partial charge on any atom is -0.384 e. The number of nitrogens with two attached hydrogens (primary N) is 1. The Labute approximate surface area is 110 Å². The maximum absolute atomic E-state index is 5.69. The third-order valence-corrected chi connectivity index (χ3v) is 4.42. The van der Waals surface area contributed by atoms with E-state index in [1.807, 2.05) is 17.8 Å². The van der Waals surface area contributed by atoms with Crippen LogP contribution in [0.5, 0.6) is 0 Å².